The van der Waals surface area contributed by atoms with Gasteiger partial charge in [0.2, 0.25) is 5.12 Å². The highest BCUT2D eigenvalue weighted by atomic mass is 35.5. The first-order valence-electron chi connectivity index (χ1n) is 2.57. The first-order chi connectivity index (χ1) is 4.18. The Balaban J connectivity index is 3.39. The molecular weight excluding hydrogens is 156 g/mol. The lowest BCUT2D eigenvalue weighted by Gasteiger charge is -1.93. The van der Waals surface area contributed by atoms with Crippen LogP contribution in [0, 0.1) is 0 Å². The van der Waals surface area contributed by atoms with E-state index in [0.29, 0.717) is 17.2 Å². The first kappa shape index (κ1) is 9.05. The van der Waals surface area contributed by atoms with Crippen LogP contribution < -0.4 is 0 Å². The van der Waals surface area contributed by atoms with Gasteiger partial charge in [0, 0.05) is 11.6 Å². The van der Waals surface area contributed by atoms with Gasteiger partial charge in [0.1, 0.15) is 0 Å². The summed E-state index contributed by atoms with van der Waals surface area (Å²) < 4.78 is 0. The highest BCUT2D eigenvalue weighted by molar-refractivity contribution is 8.14. The van der Waals surface area contributed by atoms with E-state index in [4.69, 9.17) is 11.6 Å². The average Bonchev–Trinajstić information content (AvgIpc) is 1.82. The second kappa shape index (κ2) is 4.89. The summed E-state index contributed by atoms with van der Waals surface area (Å²) in [6.45, 7) is 5.19. The maximum absolute atomic E-state index is 10.7. The number of thioether (sulfide) groups is 1. The zero-order chi connectivity index (χ0) is 7.28. The number of carbonyl (C=O) groups excluding carboxylic acids is 1. The molecule has 0 spiro atoms. The SMILES string of the molecule is C=C(C)C(=O)SCCCl. The molecule has 0 amide bonds. The van der Waals surface area contributed by atoms with Crippen molar-refractivity contribution in [1.29, 1.82) is 0 Å². The Labute approximate surface area is 64.5 Å². The molecule has 0 heterocycles. The van der Waals surface area contributed by atoms with Crippen LogP contribution in [0.4, 0.5) is 0 Å². The monoisotopic (exact) mass is 164 g/mol. The van der Waals surface area contributed by atoms with Gasteiger partial charge in [-0.3, -0.25) is 4.79 Å². The smallest absolute Gasteiger partial charge is 0.214 e. The van der Waals surface area contributed by atoms with Crippen molar-refractivity contribution in [2.45, 2.75) is 6.92 Å². The number of hydrogen-bond donors (Lipinski definition) is 0. The fourth-order valence-electron chi connectivity index (χ4n) is 0.254. The standard InChI is InChI=1S/C6H9ClOS/c1-5(2)6(8)9-4-3-7/h1,3-4H2,2H3. The Morgan fingerprint density at radius 3 is 2.67 bits per heavy atom. The molecule has 0 saturated carbocycles. The molecule has 0 aliphatic heterocycles. The van der Waals surface area contributed by atoms with Crippen LogP contribution in [0.2, 0.25) is 0 Å². The minimum Gasteiger partial charge on any atom is -0.282 e. The van der Waals surface area contributed by atoms with Crippen LogP contribution >= 0.6 is 23.4 Å². The highest BCUT2D eigenvalue weighted by Crippen LogP contribution is 2.07. The quantitative estimate of drug-likeness (QED) is 0.469. The number of carbonyl (C=O) groups is 1. The molecule has 3 heteroatoms. The molecule has 0 aliphatic carbocycles. The first-order valence-corrected chi connectivity index (χ1v) is 4.09. The fraction of sp³-hybridized carbons (Fsp3) is 0.500. The maximum atomic E-state index is 10.7. The summed E-state index contributed by atoms with van der Waals surface area (Å²) in [6.07, 6.45) is 0. The van der Waals surface area contributed by atoms with Crippen molar-refractivity contribution in [2.75, 3.05) is 11.6 Å². The molecule has 1 nitrogen and oxygen atoms in total. The normalized spacial score (nSPS) is 9.11. The van der Waals surface area contributed by atoms with Gasteiger partial charge >= 0.3 is 0 Å². The van der Waals surface area contributed by atoms with Crippen molar-refractivity contribution >= 4 is 28.5 Å². The van der Waals surface area contributed by atoms with Crippen molar-refractivity contribution in [3.63, 3.8) is 0 Å². The number of halogens is 1. The van der Waals surface area contributed by atoms with Gasteiger partial charge in [-0.2, -0.15) is 0 Å². The minimum absolute atomic E-state index is 0.0376. The lowest BCUT2D eigenvalue weighted by atomic mass is 10.4. The summed E-state index contributed by atoms with van der Waals surface area (Å²) in [4.78, 5) is 10.7. The zero-order valence-electron chi connectivity index (χ0n) is 5.32. The van der Waals surface area contributed by atoms with E-state index in [-0.39, 0.29) is 5.12 Å². The average molecular weight is 165 g/mol. The van der Waals surface area contributed by atoms with E-state index in [0.717, 1.165) is 0 Å². The third kappa shape index (κ3) is 4.55. The molecule has 0 N–H and O–H groups in total. The summed E-state index contributed by atoms with van der Waals surface area (Å²) in [6, 6.07) is 0. The van der Waals surface area contributed by atoms with E-state index >= 15 is 0 Å². The number of alkyl halides is 1. The van der Waals surface area contributed by atoms with Gasteiger partial charge in [-0.15, -0.1) is 11.6 Å². The fourth-order valence-corrected chi connectivity index (χ4v) is 0.995. The van der Waals surface area contributed by atoms with Gasteiger partial charge in [-0.1, -0.05) is 18.3 Å². The lowest BCUT2D eigenvalue weighted by Crippen LogP contribution is -1.93. The van der Waals surface area contributed by atoms with E-state index < -0.39 is 0 Å². The largest absolute Gasteiger partial charge is 0.282 e. The Morgan fingerprint density at radius 1 is 1.78 bits per heavy atom. The van der Waals surface area contributed by atoms with E-state index in [9.17, 15) is 4.79 Å². The van der Waals surface area contributed by atoms with Crippen molar-refractivity contribution in [3.8, 4) is 0 Å². The maximum Gasteiger partial charge on any atom is 0.214 e. The van der Waals surface area contributed by atoms with Crippen molar-refractivity contribution in [1.82, 2.24) is 0 Å². The molecule has 0 bridgehead atoms. The van der Waals surface area contributed by atoms with E-state index in [1.165, 1.54) is 11.8 Å². The van der Waals surface area contributed by atoms with Gasteiger partial charge in [0.25, 0.3) is 0 Å². The third-order valence-electron chi connectivity index (χ3n) is 0.659. The summed E-state index contributed by atoms with van der Waals surface area (Å²) in [5.41, 5.74) is 0.588. The third-order valence-corrected chi connectivity index (χ3v) is 2.09. The van der Waals surface area contributed by atoms with Gasteiger partial charge < -0.3 is 0 Å². The van der Waals surface area contributed by atoms with Crippen LogP contribution in [0.25, 0.3) is 0 Å². The summed E-state index contributed by atoms with van der Waals surface area (Å²) >= 11 is 6.56. The predicted octanol–water partition coefficient (Wildman–Crippen LogP) is 2.06. The van der Waals surface area contributed by atoms with Crippen LogP contribution in [0.3, 0.4) is 0 Å². The highest BCUT2D eigenvalue weighted by Gasteiger charge is 2.00. The lowest BCUT2D eigenvalue weighted by molar-refractivity contribution is -0.107. The molecule has 0 aromatic carbocycles. The Hall–Kier alpha value is 0.0500. The van der Waals surface area contributed by atoms with Gasteiger partial charge in [-0.05, 0) is 12.5 Å². The summed E-state index contributed by atoms with van der Waals surface area (Å²) in [5.74, 6) is 1.19. The van der Waals surface area contributed by atoms with Gasteiger partial charge in [-0.25, -0.2) is 0 Å². The molecule has 9 heavy (non-hydrogen) atoms. The Bertz CT molecular complexity index is 122. The molecule has 0 aliphatic rings. The topological polar surface area (TPSA) is 17.1 Å². The molecule has 0 atom stereocenters. The Morgan fingerprint density at radius 2 is 2.33 bits per heavy atom. The van der Waals surface area contributed by atoms with Crippen molar-refractivity contribution in [3.05, 3.63) is 12.2 Å². The zero-order valence-corrected chi connectivity index (χ0v) is 6.89. The minimum atomic E-state index is 0.0376. The van der Waals surface area contributed by atoms with E-state index in [1.807, 2.05) is 0 Å². The van der Waals surface area contributed by atoms with Gasteiger partial charge in [0.05, 0.1) is 0 Å². The second-order valence-electron chi connectivity index (χ2n) is 1.61. The molecule has 0 radical (unpaired) electrons. The summed E-state index contributed by atoms with van der Waals surface area (Å²) in [7, 11) is 0. The number of hydrogen-bond acceptors (Lipinski definition) is 2. The van der Waals surface area contributed by atoms with Crippen LogP contribution in [-0.4, -0.2) is 16.7 Å². The molecule has 0 unspecified atom stereocenters. The molecule has 0 fully saturated rings. The summed E-state index contributed by atoms with van der Waals surface area (Å²) in [5, 5.41) is 0.0376. The van der Waals surface area contributed by atoms with E-state index in [2.05, 4.69) is 6.58 Å². The molecule has 0 saturated heterocycles. The Kier molecular flexibility index (Phi) is 4.91. The molecule has 0 rings (SSSR count). The number of rotatable bonds is 3. The van der Waals surface area contributed by atoms with Crippen molar-refractivity contribution < 1.29 is 4.79 Å². The second-order valence-corrected chi connectivity index (χ2v) is 3.05. The van der Waals surface area contributed by atoms with Crippen LogP contribution in [0.15, 0.2) is 12.2 Å². The van der Waals surface area contributed by atoms with Crippen molar-refractivity contribution in [2.24, 2.45) is 0 Å². The molecule has 0 aromatic heterocycles. The van der Waals surface area contributed by atoms with Gasteiger partial charge in [0.15, 0.2) is 0 Å². The van der Waals surface area contributed by atoms with Crippen LogP contribution in [0.1, 0.15) is 6.92 Å². The van der Waals surface area contributed by atoms with E-state index in [1.54, 1.807) is 6.92 Å². The van der Waals surface area contributed by atoms with Crippen LogP contribution in [0.5, 0.6) is 0 Å². The molecular formula is C6H9ClOS. The predicted molar refractivity (Wildman–Crippen MR) is 43.0 cm³/mol. The van der Waals surface area contributed by atoms with Crippen LogP contribution in [-0.2, 0) is 4.79 Å². The molecule has 0 aromatic rings. The molecule has 52 valence electrons.